The lowest BCUT2D eigenvalue weighted by Crippen LogP contribution is -2.40. The van der Waals surface area contributed by atoms with Crippen molar-refractivity contribution in [3.63, 3.8) is 0 Å². The van der Waals surface area contributed by atoms with Gasteiger partial charge in [-0.25, -0.2) is 4.79 Å². The Bertz CT molecular complexity index is 388. The molecular formula is C12H16N2O2. The van der Waals surface area contributed by atoms with Gasteiger partial charge in [0.2, 0.25) is 0 Å². The summed E-state index contributed by atoms with van der Waals surface area (Å²) in [6.45, 7) is 2.50. The van der Waals surface area contributed by atoms with Gasteiger partial charge in [-0.1, -0.05) is 6.07 Å². The Hall–Kier alpha value is -1.71. The van der Waals surface area contributed by atoms with Crippen molar-refractivity contribution in [1.29, 1.82) is 0 Å². The summed E-state index contributed by atoms with van der Waals surface area (Å²) in [5.74, 6) is 0.176. The lowest BCUT2D eigenvalue weighted by atomic mass is 10.3. The van der Waals surface area contributed by atoms with E-state index in [9.17, 15) is 9.90 Å². The molecule has 0 aliphatic heterocycles. The van der Waals surface area contributed by atoms with Crippen LogP contribution in [0.2, 0.25) is 0 Å². The van der Waals surface area contributed by atoms with E-state index < -0.39 is 0 Å². The quantitative estimate of drug-likeness (QED) is 0.819. The fourth-order valence-corrected chi connectivity index (χ4v) is 1.58. The van der Waals surface area contributed by atoms with E-state index >= 15 is 0 Å². The van der Waals surface area contributed by atoms with Crippen LogP contribution in [0.3, 0.4) is 0 Å². The minimum atomic E-state index is -0.0874. The van der Waals surface area contributed by atoms with Crippen molar-refractivity contribution < 1.29 is 9.90 Å². The first-order chi connectivity index (χ1) is 7.70. The average molecular weight is 220 g/mol. The fraction of sp³-hybridized carbons (Fsp3) is 0.417. The Morgan fingerprint density at radius 3 is 2.88 bits per heavy atom. The molecule has 0 spiro atoms. The molecule has 0 aromatic heterocycles. The molecule has 2 N–H and O–H groups in total. The number of rotatable bonds is 3. The molecular weight excluding hydrogens is 204 g/mol. The second-order valence-corrected chi connectivity index (χ2v) is 3.99. The largest absolute Gasteiger partial charge is 0.508 e. The molecule has 0 unspecified atom stereocenters. The summed E-state index contributed by atoms with van der Waals surface area (Å²) in [4.78, 5) is 13.5. The van der Waals surface area contributed by atoms with Crippen molar-refractivity contribution in [1.82, 2.24) is 5.32 Å². The summed E-state index contributed by atoms with van der Waals surface area (Å²) in [5, 5.41) is 12.3. The van der Waals surface area contributed by atoms with E-state index in [2.05, 4.69) is 5.32 Å². The number of anilines is 1. The average Bonchev–Trinajstić information content (AvgIpc) is 3.03. The molecule has 4 nitrogen and oxygen atoms in total. The summed E-state index contributed by atoms with van der Waals surface area (Å²) < 4.78 is 0. The van der Waals surface area contributed by atoms with Crippen LogP contribution in [0, 0.1) is 0 Å². The highest BCUT2D eigenvalue weighted by molar-refractivity contribution is 5.92. The topological polar surface area (TPSA) is 52.6 Å². The second kappa shape index (κ2) is 4.43. The highest BCUT2D eigenvalue weighted by Gasteiger charge is 2.25. The predicted octanol–water partition coefficient (Wildman–Crippen LogP) is 2.09. The molecule has 1 aromatic rings. The molecule has 2 rings (SSSR count). The van der Waals surface area contributed by atoms with Gasteiger partial charge in [0, 0.05) is 24.3 Å². The van der Waals surface area contributed by atoms with Crippen LogP contribution in [0.1, 0.15) is 19.8 Å². The highest BCUT2D eigenvalue weighted by Crippen LogP contribution is 2.22. The first kappa shape index (κ1) is 10.8. The van der Waals surface area contributed by atoms with Gasteiger partial charge < -0.3 is 10.4 Å². The molecule has 1 saturated carbocycles. The van der Waals surface area contributed by atoms with Crippen LogP contribution in [0.5, 0.6) is 5.75 Å². The number of nitrogens with zero attached hydrogens (tertiary/aromatic N) is 1. The number of phenolic OH excluding ortho intramolecular Hbond substituents is 1. The van der Waals surface area contributed by atoms with Crippen LogP contribution in [0.15, 0.2) is 24.3 Å². The first-order valence-corrected chi connectivity index (χ1v) is 5.57. The van der Waals surface area contributed by atoms with Crippen molar-refractivity contribution in [2.24, 2.45) is 0 Å². The van der Waals surface area contributed by atoms with Crippen molar-refractivity contribution in [2.75, 3.05) is 11.4 Å². The van der Waals surface area contributed by atoms with Gasteiger partial charge in [0.05, 0.1) is 0 Å². The summed E-state index contributed by atoms with van der Waals surface area (Å²) in [6, 6.07) is 6.99. The van der Waals surface area contributed by atoms with E-state index in [1.54, 1.807) is 23.1 Å². The standard InChI is InChI=1S/C12H16N2O2/c1-2-14(12(16)13-9-6-7-9)10-4-3-5-11(15)8-10/h3-5,8-9,15H,2,6-7H2,1H3,(H,13,16). The van der Waals surface area contributed by atoms with Crippen LogP contribution in [-0.2, 0) is 0 Å². The van der Waals surface area contributed by atoms with E-state index in [0.29, 0.717) is 12.6 Å². The van der Waals surface area contributed by atoms with Gasteiger partial charge in [0.1, 0.15) is 5.75 Å². The number of carbonyl (C=O) groups excluding carboxylic acids is 1. The van der Waals surface area contributed by atoms with Crippen LogP contribution in [0.4, 0.5) is 10.5 Å². The molecule has 0 atom stereocenters. The monoisotopic (exact) mass is 220 g/mol. The Labute approximate surface area is 94.9 Å². The van der Waals surface area contributed by atoms with E-state index in [4.69, 9.17) is 0 Å². The number of benzene rings is 1. The van der Waals surface area contributed by atoms with Crippen LogP contribution < -0.4 is 10.2 Å². The fourth-order valence-electron chi connectivity index (χ4n) is 1.58. The first-order valence-electron chi connectivity index (χ1n) is 5.57. The number of hydrogen-bond donors (Lipinski definition) is 2. The number of urea groups is 1. The third kappa shape index (κ3) is 2.45. The van der Waals surface area contributed by atoms with Gasteiger partial charge in [-0.05, 0) is 31.9 Å². The SMILES string of the molecule is CCN(C(=O)NC1CC1)c1cccc(O)c1. The molecule has 1 aromatic carbocycles. The smallest absolute Gasteiger partial charge is 0.322 e. The Morgan fingerprint density at radius 1 is 1.56 bits per heavy atom. The lowest BCUT2D eigenvalue weighted by molar-refractivity contribution is 0.246. The summed E-state index contributed by atoms with van der Waals surface area (Å²) in [6.07, 6.45) is 2.15. The normalized spacial score (nSPS) is 14.6. The summed E-state index contributed by atoms with van der Waals surface area (Å²) in [7, 11) is 0. The van der Waals surface area contributed by atoms with Crippen molar-refractivity contribution in [3.05, 3.63) is 24.3 Å². The number of amides is 2. The van der Waals surface area contributed by atoms with E-state index in [1.165, 1.54) is 0 Å². The molecule has 0 saturated heterocycles. The zero-order valence-corrected chi connectivity index (χ0v) is 9.31. The van der Waals surface area contributed by atoms with Crippen LogP contribution >= 0.6 is 0 Å². The van der Waals surface area contributed by atoms with E-state index in [1.807, 2.05) is 13.0 Å². The van der Waals surface area contributed by atoms with E-state index in [0.717, 1.165) is 18.5 Å². The molecule has 0 radical (unpaired) electrons. The zero-order valence-electron chi connectivity index (χ0n) is 9.31. The van der Waals surface area contributed by atoms with E-state index in [-0.39, 0.29) is 11.8 Å². The van der Waals surface area contributed by atoms with Crippen molar-refractivity contribution in [2.45, 2.75) is 25.8 Å². The molecule has 2 amide bonds. The van der Waals surface area contributed by atoms with Gasteiger partial charge in [-0.15, -0.1) is 0 Å². The maximum absolute atomic E-state index is 11.9. The Balaban J connectivity index is 2.11. The molecule has 0 heterocycles. The number of phenols is 1. The molecule has 4 heteroatoms. The maximum Gasteiger partial charge on any atom is 0.322 e. The highest BCUT2D eigenvalue weighted by atomic mass is 16.3. The third-order valence-corrected chi connectivity index (χ3v) is 2.61. The van der Waals surface area contributed by atoms with Crippen molar-refractivity contribution in [3.8, 4) is 5.75 Å². The van der Waals surface area contributed by atoms with Gasteiger partial charge in [0.25, 0.3) is 0 Å². The van der Waals surface area contributed by atoms with Gasteiger partial charge >= 0.3 is 6.03 Å². The number of aromatic hydroxyl groups is 1. The minimum absolute atomic E-state index is 0.0874. The van der Waals surface area contributed by atoms with Gasteiger partial charge in [-0.3, -0.25) is 4.90 Å². The molecule has 1 aliphatic carbocycles. The Morgan fingerprint density at radius 2 is 2.31 bits per heavy atom. The second-order valence-electron chi connectivity index (χ2n) is 3.99. The van der Waals surface area contributed by atoms with Crippen LogP contribution in [0.25, 0.3) is 0 Å². The zero-order chi connectivity index (χ0) is 11.5. The van der Waals surface area contributed by atoms with Gasteiger partial charge in [-0.2, -0.15) is 0 Å². The lowest BCUT2D eigenvalue weighted by Gasteiger charge is -2.21. The van der Waals surface area contributed by atoms with Crippen LogP contribution in [-0.4, -0.2) is 23.7 Å². The van der Waals surface area contributed by atoms with Gasteiger partial charge in [0.15, 0.2) is 0 Å². The molecule has 86 valence electrons. The summed E-state index contributed by atoms with van der Waals surface area (Å²) in [5.41, 5.74) is 0.723. The predicted molar refractivity (Wildman–Crippen MR) is 62.7 cm³/mol. The number of carbonyl (C=O) groups is 1. The number of hydrogen-bond acceptors (Lipinski definition) is 2. The summed E-state index contributed by atoms with van der Waals surface area (Å²) >= 11 is 0. The minimum Gasteiger partial charge on any atom is -0.508 e. The molecule has 0 bridgehead atoms. The Kier molecular flexibility index (Phi) is 2.99. The molecule has 1 fully saturated rings. The number of nitrogens with one attached hydrogen (secondary N) is 1. The molecule has 16 heavy (non-hydrogen) atoms. The third-order valence-electron chi connectivity index (χ3n) is 2.61. The molecule has 1 aliphatic rings. The maximum atomic E-state index is 11.9. The van der Waals surface area contributed by atoms with Crippen molar-refractivity contribution >= 4 is 11.7 Å².